The number of carbonyl (C=O) groups is 2. The van der Waals surface area contributed by atoms with Crippen LogP contribution in [-0.2, 0) is 4.79 Å². The van der Waals surface area contributed by atoms with Crippen molar-refractivity contribution in [2.75, 3.05) is 20.1 Å². The first-order valence-electron chi connectivity index (χ1n) is 7.21. The summed E-state index contributed by atoms with van der Waals surface area (Å²) in [6, 6.07) is 3.42. The highest BCUT2D eigenvalue weighted by Crippen LogP contribution is 2.49. The van der Waals surface area contributed by atoms with Crippen molar-refractivity contribution in [3.05, 3.63) is 24.2 Å². The number of likely N-dealkylation sites (tertiary alicyclic amines) is 1. The minimum atomic E-state index is -0.0607. The molecule has 1 N–H and O–H groups in total. The standard InChI is InChI=1S/C15H20N2O3/c1-16-13(18)11-4-2-6-15(11)7-8-17(10-15)14(19)12-5-3-9-20-12/h3,5,9,11H,2,4,6-8,10H2,1H3,(H,16,18)/t11-,15+/m1/s1. The lowest BCUT2D eigenvalue weighted by molar-refractivity contribution is -0.127. The molecule has 5 heteroatoms. The Hall–Kier alpha value is -1.78. The van der Waals surface area contributed by atoms with Crippen LogP contribution in [0.3, 0.4) is 0 Å². The van der Waals surface area contributed by atoms with Crippen LogP contribution in [0.2, 0.25) is 0 Å². The summed E-state index contributed by atoms with van der Waals surface area (Å²) < 4.78 is 5.18. The third-order valence-electron chi connectivity index (χ3n) is 4.87. The smallest absolute Gasteiger partial charge is 0.289 e. The van der Waals surface area contributed by atoms with Gasteiger partial charge in [0, 0.05) is 31.5 Å². The number of furan rings is 1. The molecular formula is C15H20N2O3. The van der Waals surface area contributed by atoms with Crippen molar-refractivity contribution in [3.8, 4) is 0 Å². The number of rotatable bonds is 2. The number of carbonyl (C=O) groups excluding carboxylic acids is 2. The fourth-order valence-electron chi connectivity index (χ4n) is 3.84. The maximum absolute atomic E-state index is 12.3. The SMILES string of the molecule is CNC(=O)[C@H]1CCC[C@@]12CCN(C(=O)c1ccco1)C2. The minimum Gasteiger partial charge on any atom is -0.459 e. The van der Waals surface area contributed by atoms with Crippen molar-refractivity contribution in [1.82, 2.24) is 10.2 Å². The van der Waals surface area contributed by atoms with Gasteiger partial charge in [-0.1, -0.05) is 6.42 Å². The molecule has 3 rings (SSSR count). The average molecular weight is 276 g/mol. The Bertz CT molecular complexity index is 511. The fraction of sp³-hybridized carbons (Fsp3) is 0.600. The lowest BCUT2D eigenvalue weighted by Crippen LogP contribution is -2.40. The Balaban J connectivity index is 1.75. The zero-order chi connectivity index (χ0) is 14.2. The predicted molar refractivity (Wildman–Crippen MR) is 73.1 cm³/mol. The molecule has 20 heavy (non-hydrogen) atoms. The first kappa shape index (κ1) is 13.2. The second kappa shape index (κ2) is 4.96. The minimum absolute atomic E-state index is 0.0255. The summed E-state index contributed by atoms with van der Waals surface area (Å²) in [6.45, 7) is 1.39. The molecule has 5 nitrogen and oxygen atoms in total. The quantitative estimate of drug-likeness (QED) is 0.893. The van der Waals surface area contributed by atoms with Gasteiger partial charge in [-0.25, -0.2) is 0 Å². The summed E-state index contributed by atoms with van der Waals surface area (Å²) in [5, 5.41) is 2.77. The number of hydrogen-bond donors (Lipinski definition) is 1. The van der Waals surface area contributed by atoms with Crippen molar-refractivity contribution >= 4 is 11.8 Å². The van der Waals surface area contributed by atoms with Gasteiger partial charge in [0.25, 0.3) is 5.91 Å². The van der Waals surface area contributed by atoms with Crippen LogP contribution in [0.1, 0.15) is 36.2 Å². The molecule has 0 radical (unpaired) electrons. The van der Waals surface area contributed by atoms with Gasteiger partial charge in [0.15, 0.2) is 5.76 Å². The molecule has 108 valence electrons. The van der Waals surface area contributed by atoms with Crippen LogP contribution in [0, 0.1) is 11.3 Å². The van der Waals surface area contributed by atoms with E-state index in [0.717, 1.165) is 25.7 Å². The zero-order valence-electron chi connectivity index (χ0n) is 11.7. The van der Waals surface area contributed by atoms with Crippen LogP contribution in [0.15, 0.2) is 22.8 Å². The summed E-state index contributed by atoms with van der Waals surface area (Å²) >= 11 is 0. The third-order valence-corrected chi connectivity index (χ3v) is 4.87. The molecule has 1 spiro atoms. The van der Waals surface area contributed by atoms with Crippen molar-refractivity contribution in [2.24, 2.45) is 11.3 Å². The molecule has 0 aromatic carbocycles. The number of amides is 2. The van der Waals surface area contributed by atoms with E-state index >= 15 is 0 Å². The molecule has 1 saturated heterocycles. The first-order valence-corrected chi connectivity index (χ1v) is 7.21. The molecule has 0 bridgehead atoms. The Labute approximate surface area is 118 Å². The summed E-state index contributed by atoms with van der Waals surface area (Å²) in [6.07, 6.45) is 5.47. The van der Waals surface area contributed by atoms with E-state index in [4.69, 9.17) is 4.42 Å². The first-order chi connectivity index (χ1) is 9.66. The van der Waals surface area contributed by atoms with E-state index in [9.17, 15) is 9.59 Å². The van der Waals surface area contributed by atoms with Crippen LogP contribution in [-0.4, -0.2) is 36.9 Å². The monoisotopic (exact) mass is 276 g/mol. The molecule has 1 aliphatic carbocycles. The number of hydrogen-bond acceptors (Lipinski definition) is 3. The van der Waals surface area contributed by atoms with Gasteiger partial charge < -0.3 is 14.6 Å². The van der Waals surface area contributed by atoms with E-state index in [2.05, 4.69) is 5.32 Å². The van der Waals surface area contributed by atoms with Gasteiger partial charge in [0.05, 0.1) is 6.26 Å². The number of nitrogens with one attached hydrogen (secondary N) is 1. The predicted octanol–water partition coefficient (Wildman–Crippen LogP) is 1.66. The van der Waals surface area contributed by atoms with Crippen molar-refractivity contribution in [3.63, 3.8) is 0 Å². The molecule has 2 amide bonds. The zero-order valence-corrected chi connectivity index (χ0v) is 11.7. The molecular weight excluding hydrogens is 256 g/mol. The summed E-state index contributed by atoms with van der Waals surface area (Å²) in [5.74, 6) is 0.489. The number of nitrogens with zero attached hydrogens (tertiary/aromatic N) is 1. The molecule has 2 aliphatic rings. The van der Waals surface area contributed by atoms with E-state index in [1.807, 2.05) is 4.90 Å². The van der Waals surface area contributed by atoms with E-state index < -0.39 is 0 Å². The summed E-state index contributed by atoms with van der Waals surface area (Å²) in [7, 11) is 1.69. The highest BCUT2D eigenvalue weighted by atomic mass is 16.3. The van der Waals surface area contributed by atoms with Crippen LogP contribution < -0.4 is 5.32 Å². The second-order valence-electron chi connectivity index (χ2n) is 5.88. The molecule has 1 aromatic rings. The molecule has 2 atom stereocenters. The maximum atomic E-state index is 12.3. The normalized spacial score (nSPS) is 29.1. The maximum Gasteiger partial charge on any atom is 0.289 e. The Morgan fingerprint density at radius 2 is 2.30 bits per heavy atom. The van der Waals surface area contributed by atoms with Crippen LogP contribution in [0.5, 0.6) is 0 Å². The molecule has 1 aromatic heterocycles. The topological polar surface area (TPSA) is 62.6 Å². The second-order valence-corrected chi connectivity index (χ2v) is 5.88. The average Bonchev–Trinajstić information content (AvgIpc) is 3.19. The van der Waals surface area contributed by atoms with Gasteiger partial charge in [-0.2, -0.15) is 0 Å². The van der Waals surface area contributed by atoms with Gasteiger partial charge in [-0.15, -0.1) is 0 Å². The van der Waals surface area contributed by atoms with E-state index in [-0.39, 0.29) is 23.1 Å². The van der Waals surface area contributed by atoms with E-state index in [1.54, 1.807) is 19.2 Å². The van der Waals surface area contributed by atoms with Crippen molar-refractivity contribution < 1.29 is 14.0 Å². The van der Waals surface area contributed by atoms with Gasteiger partial charge >= 0.3 is 0 Å². The molecule has 2 heterocycles. The fourth-order valence-corrected chi connectivity index (χ4v) is 3.84. The molecule has 2 fully saturated rings. The largest absolute Gasteiger partial charge is 0.459 e. The lowest BCUT2D eigenvalue weighted by Gasteiger charge is -2.30. The van der Waals surface area contributed by atoms with Crippen LogP contribution in [0.4, 0.5) is 0 Å². The highest BCUT2D eigenvalue weighted by Gasteiger charge is 2.51. The molecule has 1 aliphatic heterocycles. The summed E-state index contributed by atoms with van der Waals surface area (Å²) in [5.41, 5.74) is -0.0255. The van der Waals surface area contributed by atoms with Crippen LogP contribution >= 0.6 is 0 Å². The Morgan fingerprint density at radius 1 is 1.45 bits per heavy atom. The van der Waals surface area contributed by atoms with Crippen molar-refractivity contribution in [2.45, 2.75) is 25.7 Å². The van der Waals surface area contributed by atoms with Crippen LogP contribution in [0.25, 0.3) is 0 Å². The van der Waals surface area contributed by atoms with Crippen molar-refractivity contribution in [1.29, 1.82) is 0 Å². The van der Waals surface area contributed by atoms with E-state index in [0.29, 0.717) is 18.8 Å². The lowest BCUT2D eigenvalue weighted by atomic mass is 9.76. The van der Waals surface area contributed by atoms with E-state index in [1.165, 1.54) is 6.26 Å². The van der Waals surface area contributed by atoms with Gasteiger partial charge in [0.1, 0.15) is 0 Å². The Kier molecular flexibility index (Phi) is 3.28. The Morgan fingerprint density at radius 3 is 3.00 bits per heavy atom. The third kappa shape index (κ3) is 2.01. The summed E-state index contributed by atoms with van der Waals surface area (Å²) in [4.78, 5) is 26.2. The van der Waals surface area contributed by atoms with Gasteiger partial charge in [0.2, 0.25) is 5.91 Å². The van der Waals surface area contributed by atoms with Gasteiger partial charge in [-0.05, 0) is 31.4 Å². The molecule has 1 saturated carbocycles. The molecule has 0 unspecified atom stereocenters. The highest BCUT2D eigenvalue weighted by molar-refractivity contribution is 5.91. The van der Waals surface area contributed by atoms with Gasteiger partial charge in [-0.3, -0.25) is 9.59 Å².